The fourth-order valence-corrected chi connectivity index (χ4v) is 5.51. The summed E-state index contributed by atoms with van der Waals surface area (Å²) in [6.07, 6.45) is 3.13. The summed E-state index contributed by atoms with van der Waals surface area (Å²) in [6, 6.07) is 11.4. The minimum absolute atomic E-state index is 0.0590. The van der Waals surface area contributed by atoms with E-state index in [4.69, 9.17) is 14.6 Å². The van der Waals surface area contributed by atoms with E-state index in [0.717, 1.165) is 11.1 Å². The summed E-state index contributed by atoms with van der Waals surface area (Å²) in [4.78, 5) is 14.9. The van der Waals surface area contributed by atoms with Gasteiger partial charge in [0, 0.05) is 6.04 Å². The van der Waals surface area contributed by atoms with E-state index >= 15 is 0 Å². The summed E-state index contributed by atoms with van der Waals surface area (Å²) in [5, 5.41) is 8.89. The summed E-state index contributed by atoms with van der Waals surface area (Å²) < 4.78 is 53.3. The molecule has 0 amide bonds. The second-order valence-corrected chi connectivity index (χ2v) is 10.2. The number of carboxylic acids is 1. The fourth-order valence-electron chi connectivity index (χ4n) is 3.71. The number of sulfonamides is 1. The maximum atomic E-state index is 13.1. The molecule has 1 aromatic heterocycles. The minimum atomic E-state index is -3.94. The molecule has 1 aliphatic carbocycles. The van der Waals surface area contributed by atoms with Gasteiger partial charge in [-0.15, -0.1) is 0 Å². The molecule has 1 aliphatic rings. The Balaban J connectivity index is 1.54. The van der Waals surface area contributed by atoms with E-state index < -0.39 is 34.5 Å². The summed E-state index contributed by atoms with van der Waals surface area (Å²) in [5.74, 6) is -0.570. The highest BCUT2D eigenvalue weighted by molar-refractivity contribution is 9.10. The average Bonchev–Trinajstić information content (AvgIpc) is 2.80. The summed E-state index contributed by atoms with van der Waals surface area (Å²) in [5.41, 5.74) is 1.55. The second kappa shape index (κ2) is 10.1. The molecule has 8 nitrogen and oxygen atoms in total. The number of halogens is 2. The highest BCUT2D eigenvalue weighted by Crippen LogP contribution is 2.37. The van der Waals surface area contributed by atoms with Crippen molar-refractivity contribution in [2.24, 2.45) is 0 Å². The largest absolute Gasteiger partial charge is 0.482 e. The maximum absolute atomic E-state index is 13.1. The van der Waals surface area contributed by atoms with Crippen LogP contribution in [0.5, 0.6) is 17.4 Å². The molecule has 4 rings (SSSR count). The first-order valence-corrected chi connectivity index (χ1v) is 12.6. The number of hydrogen-bond donors (Lipinski definition) is 2. The first-order chi connectivity index (χ1) is 16.2. The molecule has 2 N–H and O–H groups in total. The van der Waals surface area contributed by atoms with Crippen LogP contribution in [-0.2, 0) is 21.2 Å². The van der Waals surface area contributed by atoms with Crippen LogP contribution in [0.3, 0.4) is 0 Å². The lowest BCUT2D eigenvalue weighted by molar-refractivity contribution is -0.139. The Hall–Kier alpha value is -3.02. The van der Waals surface area contributed by atoms with Crippen molar-refractivity contribution in [3.63, 3.8) is 0 Å². The van der Waals surface area contributed by atoms with Gasteiger partial charge in [0.2, 0.25) is 15.9 Å². The molecule has 0 aliphatic heterocycles. The van der Waals surface area contributed by atoms with Crippen LogP contribution in [0.2, 0.25) is 0 Å². The van der Waals surface area contributed by atoms with Crippen molar-refractivity contribution in [3.05, 3.63) is 76.1 Å². The molecule has 0 saturated carbocycles. The lowest BCUT2D eigenvalue weighted by Crippen LogP contribution is -2.31. The number of fused-ring (bicyclic) bond motifs is 1. The van der Waals surface area contributed by atoms with Gasteiger partial charge >= 0.3 is 5.97 Å². The van der Waals surface area contributed by atoms with Crippen molar-refractivity contribution in [3.8, 4) is 17.4 Å². The van der Waals surface area contributed by atoms with Gasteiger partial charge in [-0.1, -0.05) is 12.1 Å². The van der Waals surface area contributed by atoms with Crippen molar-refractivity contribution >= 4 is 31.9 Å². The van der Waals surface area contributed by atoms with Gasteiger partial charge in [-0.2, -0.15) is 0 Å². The normalized spacial score (nSPS) is 15.4. The number of aliphatic carboxylic acids is 1. The van der Waals surface area contributed by atoms with Crippen LogP contribution in [0, 0.1) is 5.82 Å². The molecule has 0 radical (unpaired) electrons. The van der Waals surface area contributed by atoms with Crippen molar-refractivity contribution in [2.45, 2.75) is 30.2 Å². The number of hydrogen-bond acceptors (Lipinski definition) is 6. The molecule has 2 aromatic carbocycles. The zero-order valence-electron chi connectivity index (χ0n) is 17.7. The Morgan fingerprint density at radius 1 is 1.24 bits per heavy atom. The van der Waals surface area contributed by atoms with Gasteiger partial charge in [-0.25, -0.2) is 27.3 Å². The molecule has 1 unspecified atom stereocenters. The van der Waals surface area contributed by atoms with Crippen molar-refractivity contribution in [1.29, 1.82) is 0 Å². The van der Waals surface area contributed by atoms with E-state index in [1.807, 2.05) is 6.07 Å². The molecule has 0 fully saturated rings. The maximum Gasteiger partial charge on any atom is 0.341 e. The topological polar surface area (TPSA) is 115 Å². The summed E-state index contributed by atoms with van der Waals surface area (Å²) in [6.45, 7) is -0.473. The Morgan fingerprint density at radius 3 is 2.71 bits per heavy atom. The van der Waals surface area contributed by atoms with Gasteiger partial charge in [0.05, 0.1) is 10.7 Å². The molecular weight excluding hydrogens is 531 g/mol. The number of aromatic nitrogens is 1. The predicted octanol–water partition coefficient (Wildman–Crippen LogP) is 4.59. The van der Waals surface area contributed by atoms with E-state index in [9.17, 15) is 17.6 Å². The molecule has 0 spiro atoms. The number of nitrogens with zero attached hydrogens (tertiary/aromatic N) is 1. The average molecular weight is 551 g/mol. The molecule has 0 bridgehead atoms. The highest BCUT2D eigenvalue weighted by Gasteiger charge is 2.28. The van der Waals surface area contributed by atoms with Crippen LogP contribution in [0.25, 0.3) is 0 Å². The first kappa shape index (κ1) is 24.1. The number of benzene rings is 2. The molecular formula is C23H20BrFN2O6S. The van der Waals surface area contributed by atoms with Crippen molar-refractivity contribution < 1.29 is 32.2 Å². The van der Waals surface area contributed by atoms with Gasteiger partial charge in [-0.3, -0.25) is 0 Å². The molecule has 1 heterocycles. The Kier molecular flexibility index (Phi) is 7.15. The number of carbonyl (C=O) groups is 1. The van der Waals surface area contributed by atoms with Crippen LogP contribution < -0.4 is 14.2 Å². The molecule has 11 heteroatoms. The third kappa shape index (κ3) is 5.54. The molecule has 178 valence electrons. The molecule has 0 saturated heterocycles. The van der Waals surface area contributed by atoms with Crippen molar-refractivity contribution in [1.82, 2.24) is 9.71 Å². The molecule has 3 aromatic rings. The highest BCUT2D eigenvalue weighted by atomic mass is 79.9. The lowest BCUT2D eigenvalue weighted by atomic mass is 9.87. The van der Waals surface area contributed by atoms with E-state index in [0.29, 0.717) is 35.2 Å². The van der Waals surface area contributed by atoms with Gasteiger partial charge in [0.15, 0.2) is 6.61 Å². The summed E-state index contributed by atoms with van der Waals surface area (Å²) in [7, 11) is -3.94. The van der Waals surface area contributed by atoms with Crippen LogP contribution in [0.15, 0.2) is 64.1 Å². The summed E-state index contributed by atoms with van der Waals surface area (Å²) >= 11 is 3.28. The lowest BCUT2D eigenvalue weighted by Gasteiger charge is -2.27. The van der Waals surface area contributed by atoms with Crippen LogP contribution in [0.4, 0.5) is 4.39 Å². The number of carboxylic acid groups (broad SMARTS) is 1. The zero-order chi connectivity index (χ0) is 24.3. The van der Waals surface area contributed by atoms with Crippen LogP contribution in [0.1, 0.15) is 30.0 Å². The molecule has 34 heavy (non-hydrogen) atoms. The van der Waals surface area contributed by atoms with Gasteiger partial charge in [0.25, 0.3) is 0 Å². The van der Waals surface area contributed by atoms with Crippen molar-refractivity contribution in [2.75, 3.05) is 6.61 Å². The second-order valence-electron chi connectivity index (χ2n) is 7.59. The number of pyridine rings is 1. The molecule has 1 atom stereocenters. The Bertz CT molecular complexity index is 1320. The van der Waals surface area contributed by atoms with E-state index in [1.165, 1.54) is 36.5 Å². The van der Waals surface area contributed by atoms with Gasteiger partial charge in [-0.05, 0) is 82.7 Å². The smallest absolute Gasteiger partial charge is 0.341 e. The monoisotopic (exact) mass is 550 g/mol. The van der Waals surface area contributed by atoms with Crippen LogP contribution >= 0.6 is 15.9 Å². The van der Waals surface area contributed by atoms with E-state index in [1.54, 1.807) is 12.1 Å². The Morgan fingerprint density at radius 2 is 2.00 bits per heavy atom. The van der Waals surface area contributed by atoms with E-state index in [-0.39, 0.29) is 10.8 Å². The van der Waals surface area contributed by atoms with E-state index in [2.05, 4.69) is 25.6 Å². The minimum Gasteiger partial charge on any atom is -0.482 e. The SMILES string of the molecule is O=C(O)COc1cccc2c1CCCC2NS(=O)(=O)c1cnc(Oc2ccc(F)cc2)c(Br)c1. The van der Waals surface area contributed by atoms with Gasteiger partial charge < -0.3 is 14.6 Å². The third-order valence-corrected chi connectivity index (χ3v) is 7.24. The Labute approximate surface area is 203 Å². The number of nitrogens with one attached hydrogen (secondary N) is 1. The standard InChI is InChI=1S/C23H20BrFN2O6S/c24-19-11-16(12-26-23(19)33-15-9-7-14(25)8-10-15)34(30,31)27-20-5-1-4-18-17(20)3-2-6-21(18)32-13-22(28)29/h2-3,6-12,20,27H,1,4-5,13H2,(H,28,29). The quantitative estimate of drug-likeness (QED) is 0.421. The predicted molar refractivity (Wildman–Crippen MR) is 124 cm³/mol. The number of rotatable bonds is 8. The number of ether oxygens (including phenoxy) is 2. The zero-order valence-corrected chi connectivity index (χ0v) is 20.1. The van der Waals surface area contributed by atoms with Gasteiger partial charge in [0.1, 0.15) is 22.2 Å². The fraction of sp³-hybridized carbons (Fsp3) is 0.217. The third-order valence-electron chi connectivity index (χ3n) is 5.23. The van der Waals surface area contributed by atoms with Crippen LogP contribution in [-0.4, -0.2) is 31.1 Å². The first-order valence-electron chi connectivity index (χ1n) is 10.3.